The summed E-state index contributed by atoms with van der Waals surface area (Å²) in [5.74, 6) is 0.715. The Morgan fingerprint density at radius 2 is 2.04 bits per heavy atom. The molecule has 9 nitrogen and oxygen atoms in total. The molecule has 0 radical (unpaired) electrons. The van der Waals surface area contributed by atoms with Crippen LogP contribution in [0.5, 0.6) is 5.75 Å². The Bertz CT molecular complexity index is 1090. The van der Waals surface area contributed by atoms with Gasteiger partial charge in [0.25, 0.3) is 5.56 Å². The molecule has 1 N–H and O–H groups in total. The molecule has 0 fully saturated rings. The van der Waals surface area contributed by atoms with Gasteiger partial charge in [0, 0.05) is 25.0 Å². The second-order valence-electron chi connectivity index (χ2n) is 5.76. The fourth-order valence-corrected chi connectivity index (χ4v) is 3.76. The van der Waals surface area contributed by atoms with E-state index in [4.69, 9.17) is 4.74 Å². The number of nitrogens with zero attached hydrogens (tertiary/aromatic N) is 4. The summed E-state index contributed by atoms with van der Waals surface area (Å²) in [4.78, 5) is 12.0. The summed E-state index contributed by atoms with van der Waals surface area (Å²) in [6.45, 7) is 1.86. The van der Waals surface area contributed by atoms with Crippen molar-refractivity contribution in [2.75, 3.05) is 13.7 Å². The van der Waals surface area contributed by atoms with Crippen molar-refractivity contribution in [3.8, 4) is 11.6 Å². The van der Waals surface area contributed by atoms with Crippen molar-refractivity contribution >= 4 is 10.0 Å². The summed E-state index contributed by atoms with van der Waals surface area (Å²) >= 11 is 0. The number of sulfonamides is 1. The minimum atomic E-state index is -3.80. The number of nitrogens with one attached hydrogen (secondary N) is 1. The molecule has 10 heteroatoms. The highest BCUT2D eigenvalue weighted by Crippen LogP contribution is 2.24. The minimum Gasteiger partial charge on any atom is -0.495 e. The zero-order valence-corrected chi connectivity index (χ0v) is 15.7. The topological polar surface area (TPSA) is 108 Å². The summed E-state index contributed by atoms with van der Waals surface area (Å²) in [5, 5.41) is 8.26. The molecule has 2 heterocycles. The zero-order chi connectivity index (χ0) is 19.4. The average molecular weight is 389 g/mol. The highest BCUT2D eigenvalue weighted by Gasteiger charge is 2.19. The lowest BCUT2D eigenvalue weighted by Gasteiger charge is -2.12. The first-order valence-electron chi connectivity index (χ1n) is 8.13. The van der Waals surface area contributed by atoms with Gasteiger partial charge in [0.15, 0.2) is 5.82 Å². The summed E-state index contributed by atoms with van der Waals surface area (Å²) in [5.41, 5.74) is 0.458. The van der Waals surface area contributed by atoms with Crippen LogP contribution in [0.3, 0.4) is 0 Å². The van der Waals surface area contributed by atoms with Crippen LogP contribution in [0, 0.1) is 6.92 Å². The third-order valence-corrected chi connectivity index (χ3v) is 5.30. The van der Waals surface area contributed by atoms with Gasteiger partial charge < -0.3 is 4.74 Å². The second-order valence-corrected chi connectivity index (χ2v) is 7.49. The molecular formula is C17H19N5O4S. The molecule has 0 atom stereocenters. The summed E-state index contributed by atoms with van der Waals surface area (Å²) < 4.78 is 35.5. The zero-order valence-electron chi connectivity index (χ0n) is 14.9. The van der Waals surface area contributed by atoms with Crippen LogP contribution in [-0.2, 0) is 16.6 Å². The van der Waals surface area contributed by atoms with Gasteiger partial charge in [-0.3, -0.25) is 4.79 Å². The molecule has 3 rings (SSSR count). The standard InChI is InChI=1S/C17H19N5O4S/c1-13-4-5-14(26-2)15(12-13)27(24,25)19-9-11-22-17(23)7-6-16(20-22)21-10-3-8-18-21/h3-8,10,12,19H,9,11H2,1-2H3. The van der Waals surface area contributed by atoms with Gasteiger partial charge in [-0.25, -0.2) is 22.5 Å². The number of aryl methyl sites for hydroxylation is 1. The van der Waals surface area contributed by atoms with E-state index in [2.05, 4.69) is 14.9 Å². The van der Waals surface area contributed by atoms with Crippen molar-refractivity contribution in [1.82, 2.24) is 24.3 Å². The van der Waals surface area contributed by atoms with Gasteiger partial charge in [-0.15, -0.1) is 5.10 Å². The molecule has 0 saturated carbocycles. The van der Waals surface area contributed by atoms with Crippen LogP contribution < -0.4 is 15.0 Å². The molecule has 0 aliphatic carbocycles. The molecule has 1 aromatic carbocycles. The largest absolute Gasteiger partial charge is 0.495 e. The lowest BCUT2D eigenvalue weighted by Crippen LogP contribution is -2.32. The Hall–Kier alpha value is -2.98. The molecule has 2 aromatic heterocycles. The molecule has 0 aliphatic heterocycles. The molecule has 3 aromatic rings. The van der Waals surface area contributed by atoms with Crippen molar-refractivity contribution < 1.29 is 13.2 Å². The third kappa shape index (κ3) is 4.23. The fraction of sp³-hybridized carbons (Fsp3) is 0.235. The lowest BCUT2D eigenvalue weighted by atomic mass is 10.2. The molecule has 0 unspecified atom stereocenters. The first-order chi connectivity index (χ1) is 12.9. The Labute approximate surface area is 156 Å². The van der Waals surface area contributed by atoms with E-state index in [0.29, 0.717) is 5.82 Å². The van der Waals surface area contributed by atoms with E-state index >= 15 is 0 Å². The van der Waals surface area contributed by atoms with Crippen LogP contribution in [0.2, 0.25) is 0 Å². The van der Waals surface area contributed by atoms with E-state index in [9.17, 15) is 13.2 Å². The number of rotatable bonds is 7. The van der Waals surface area contributed by atoms with Crippen LogP contribution >= 0.6 is 0 Å². The molecule has 0 spiro atoms. The van der Waals surface area contributed by atoms with Crippen molar-refractivity contribution in [2.45, 2.75) is 18.4 Å². The lowest BCUT2D eigenvalue weighted by molar-refractivity contribution is 0.402. The Morgan fingerprint density at radius 3 is 2.74 bits per heavy atom. The maximum atomic E-state index is 12.6. The Balaban J connectivity index is 1.76. The minimum absolute atomic E-state index is 0.00506. The van der Waals surface area contributed by atoms with E-state index in [1.54, 1.807) is 43.6 Å². The maximum absolute atomic E-state index is 12.6. The average Bonchev–Trinajstić information content (AvgIpc) is 3.18. The van der Waals surface area contributed by atoms with Gasteiger partial charge in [0.05, 0.1) is 13.7 Å². The van der Waals surface area contributed by atoms with Crippen LogP contribution in [0.15, 0.2) is 58.5 Å². The summed E-state index contributed by atoms with van der Waals surface area (Å²) in [6, 6.07) is 9.55. The molecular weight excluding hydrogens is 370 g/mol. The van der Waals surface area contributed by atoms with Crippen molar-refractivity contribution in [2.24, 2.45) is 0 Å². The van der Waals surface area contributed by atoms with Gasteiger partial charge in [0.2, 0.25) is 10.0 Å². The number of methoxy groups -OCH3 is 1. The quantitative estimate of drug-likeness (QED) is 0.638. The van der Waals surface area contributed by atoms with Crippen LogP contribution in [0.1, 0.15) is 5.56 Å². The van der Waals surface area contributed by atoms with Gasteiger partial charge in [-0.2, -0.15) is 5.10 Å². The fourth-order valence-electron chi connectivity index (χ4n) is 2.48. The molecule has 0 amide bonds. The second kappa shape index (κ2) is 7.72. The van der Waals surface area contributed by atoms with E-state index < -0.39 is 10.0 Å². The normalized spacial score (nSPS) is 11.5. The Morgan fingerprint density at radius 1 is 1.22 bits per heavy atom. The predicted molar refractivity (Wildman–Crippen MR) is 98.5 cm³/mol. The molecule has 27 heavy (non-hydrogen) atoms. The SMILES string of the molecule is COc1ccc(C)cc1S(=O)(=O)NCCn1nc(-n2cccn2)ccc1=O. The van der Waals surface area contributed by atoms with Crippen molar-refractivity contribution in [3.05, 3.63) is 64.7 Å². The molecule has 0 aliphatic rings. The van der Waals surface area contributed by atoms with Gasteiger partial charge >= 0.3 is 0 Å². The van der Waals surface area contributed by atoms with Crippen LogP contribution in [-0.4, -0.2) is 41.6 Å². The van der Waals surface area contributed by atoms with Crippen molar-refractivity contribution in [3.63, 3.8) is 0 Å². The van der Waals surface area contributed by atoms with E-state index in [-0.39, 0.29) is 29.3 Å². The van der Waals surface area contributed by atoms with Gasteiger partial charge in [-0.1, -0.05) is 6.07 Å². The van der Waals surface area contributed by atoms with Gasteiger partial charge in [0.1, 0.15) is 10.6 Å². The van der Waals surface area contributed by atoms with Gasteiger partial charge in [-0.05, 0) is 36.8 Å². The number of aromatic nitrogens is 4. The number of ether oxygens (including phenoxy) is 1. The third-order valence-electron chi connectivity index (χ3n) is 3.82. The first-order valence-corrected chi connectivity index (χ1v) is 9.61. The van der Waals surface area contributed by atoms with E-state index in [1.165, 1.54) is 28.6 Å². The van der Waals surface area contributed by atoms with Crippen LogP contribution in [0.4, 0.5) is 0 Å². The summed E-state index contributed by atoms with van der Waals surface area (Å²) in [7, 11) is -2.39. The molecule has 142 valence electrons. The van der Waals surface area contributed by atoms with Crippen LogP contribution in [0.25, 0.3) is 5.82 Å². The summed E-state index contributed by atoms with van der Waals surface area (Å²) in [6.07, 6.45) is 3.30. The molecule has 0 bridgehead atoms. The predicted octanol–water partition coefficient (Wildman–Crippen LogP) is 0.725. The number of hydrogen-bond donors (Lipinski definition) is 1. The van der Waals surface area contributed by atoms with E-state index in [0.717, 1.165) is 5.56 Å². The highest BCUT2D eigenvalue weighted by molar-refractivity contribution is 7.89. The number of benzene rings is 1. The molecule has 0 saturated heterocycles. The van der Waals surface area contributed by atoms with Crippen molar-refractivity contribution in [1.29, 1.82) is 0 Å². The highest BCUT2D eigenvalue weighted by atomic mass is 32.2. The first kappa shape index (κ1) is 18.8. The Kier molecular flexibility index (Phi) is 5.38. The smallest absolute Gasteiger partial charge is 0.266 e. The van der Waals surface area contributed by atoms with E-state index in [1.807, 2.05) is 0 Å². The maximum Gasteiger partial charge on any atom is 0.266 e. The number of hydrogen-bond acceptors (Lipinski definition) is 6. The monoisotopic (exact) mass is 389 g/mol.